The smallest absolute Gasteiger partial charge is 0.00135 e. The summed E-state index contributed by atoms with van der Waals surface area (Å²) in [5.74, 6) is 0. The summed E-state index contributed by atoms with van der Waals surface area (Å²) in [4.78, 5) is 0. The van der Waals surface area contributed by atoms with Crippen LogP contribution in [0, 0.1) is 0 Å². The molecule has 0 fully saturated rings. The molecule has 0 unspecified atom stereocenters. The molecule has 1 heteroatoms. The molecular formula is C18H15Hf. The van der Waals surface area contributed by atoms with Gasteiger partial charge in [0.25, 0.3) is 0 Å². The van der Waals surface area contributed by atoms with E-state index in [2.05, 4.69) is 66.8 Å². The molecule has 0 amide bonds. The first-order chi connectivity index (χ1) is 9.34. The summed E-state index contributed by atoms with van der Waals surface area (Å²) in [6.45, 7) is 0. The molecule has 0 spiro atoms. The second-order valence-corrected chi connectivity index (χ2v) is 7.12. The summed E-state index contributed by atoms with van der Waals surface area (Å²) < 4.78 is 1.61. The van der Waals surface area contributed by atoms with E-state index in [0.717, 1.165) is 6.42 Å². The molecule has 0 radical (unpaired) electrons. The van der Waals surface area contributed by atoms with Crippen molar-refractivity contribution in [1.82, 2.24) is 0 Å². The van der Waals surface area contributed by atoms with Crippen molar-refractivity contribution in [1.29, 1.82) is 0 Å². The normalized spacial score (nSPS) is 14.2. The summed E-state index contributed by atoms with van der Waals surface area (Å²) >= 11 is 1.25. The van der Waals surface area contributed by atoms with E-state index < -0.39 is 0 Å². The summed E-state index contributed by atoms with van der Waals surface area (Å²) in [5, 5.41) is 0. The van der Waals surface area contributed by atoms with Crippen molar-refractivity contribution in [2.24, 2.45) is 0 Å². The molecule has 0 aliphatic heterocycles. The molecule has 0 N–H and O–H groups in total. The Kier molecular flexibility index (Phi) is 3.93. The Balaban J connectivity index is 0.000000155. The Morgan fingerprint density at radius 1 is 0.789 bits per heavy atom. The van der Waals surface area contributed by atoms with E-state index in [4.69, 9.17) is 0 Å². The van der Waals surface area contributed by atoms with E-state index in [9.17, 15) is 0 Å². The molecule has 4 rings (SSSR count). The van der Waals surface area contributed by atoms with Crippen molar-refractivity contribution in [2.75, 3.05) is 0 Å². The molecule has 2 aromatic carbocycles. The quantitative estimate of drug-likeness (QED) is 0.475. The second-order valence-electron chi connectivity index (χ2n) is 4.82. The van der Waals surface area contributed by atoms with Gasteiger partial charge >= 0.3 is 52.4 Å². The van der Waals surface area contributed by atoms with Crippen molar-refractivity contribution in [3.8, 4) is 11.1 Å². The Morgan fingerprint density at radius 2 is 1.37 bits per heavy atom. The van der Waals surface area contributed by atoms with Crippen LogP contribution in [0.3, 0.4) is 0 Å². The molecule has 19 heavy (non-hydrogen) atoms. The van der Waals surface area contributed by atoms with Crippen LogP contribution in [-0.4, -0.2) is 0 Å². The van der Waals surface area contributed by atoms with Crippen LogP contribution in [0.25, 0.3) is 11.1 Å². The molecule has 0 aromatic heterocycles. The first kappa shape index (κ1) is 12.8. The molecule has 0 saturated carbocycles. The monoisotopic (exact) mass is 411 g/mol. The van der Waals surface area contributed by atoms with Gasteiger partial charge in [0.15, 0.2) is 0 Å². The fourth-order valence-corrected chi connectivity index (χ4v) is 3.30. The Bertz CT molecular complexity index is 607. The van der Waals surface area contributed by atoms with Crippen LogP contribution in [0.1, 0.15) is 17.5 Å². The maximum atomic E-state index is 2.22. The van der Waals surface area contributed by atoms with E-state index >= 15 is 0 Å². The molecule has 0 heterocycles. The Labute approximate surface area is 129 Å². The van der Waals surface area contributed by atoms with Crippen LogP contribution < -0.4 is 0 Å². The molecule has 2 aromatic rings. The van der Waals surface area contributed by atoms with Crippen LogP contribution in [0.4, 0.5) is 0 Å². The molecule has 0 atom stereocenters. The van der Waals surface area contributed by atoms with Crippen molar-refractivity contribution in [2.45, 2.75) is 12.8 Å². The predicted octanol–water partition coefficient (Wildman–Crippen LogP) is 4.63. The van der Waals surface area contributed by atoms with Gasteiger partial charge in [-0.05, 0) is 28.7 Å². The van der Waals surface area contributed by atoms with E-state index in [1.165, 1.54) is 53.0 Å². The third kappa shape index (κ3) is 2.87. The maximum Gasteiger partial charge on any atom is -0.00135 e. The zero-order valence-electron chi connectivity index (χ0n) is 10.8. The molecule has 2 aliphatic carbocycles. The number of fused-ring (bicyclic) bond motifs is 3. The zero-order chi connectivity index (χ0) is 13.1. The Hall–Kier alpha value is -1.21. The van der Waals surface area contributed by atoms with Gasteiger partial charge in [-0.15, -0.1) is 0 Å². The fraction of sp³-hybridized carbons (Fsp3) is 0.111. The third-order valence-corrected chi connectivity index (χ3v) is 4.81. The number of allylic oxidation sites excluding steroid dienone is 4. The molecule has 2 aliphatic rings. The van der Waals surface area contributed by atoms with E-state index in [1.807, 2.05) is 0 Å². The fourth-order valence-electron chi connectivity index (χ4n) is 2.53. The van der Waals surface area contributed by atoms with Crippen molar-refractivity contribution >= 4 is 0 Å². The van der Waals surface area contributed by atoms with E-state index in [-0.39, 0.29) is 0 Å². The molecule has 91 valence electrons. The van der Waals surface area contributed by atoms with Crippen molar-refractivity contribution in [3.05, 3.63) is 81.2 Å². The molecule has 0 bridgehead atoms. The van der Waals surface area contributed by atoms with Gasteiger partial charge in [-0.3, -0.25) is 0 Å². The first-order valence-electron chi connectivity index (χ1n) is 6.58. The average molecular weight is 410 g/mol. The minimum Gasteiger partial charge on any atom is -0.0619 e. The van der Waals surface area contributed by atoms with Gasteiger partial charge < -0.3 is 0 Å². The van der Waals surface area contributed by atoms with Gasteiger partial charge in [-0.25, -0.2) is 0 Å². The summed E-state index contributed by atoms with van der Waals surface area (Å²) in [5.41, 5.74) is 5.75. The van der Waals surface area contributed by atoms with Gasteiger partial charge in [0.05, 0.1) is 0 Å². The largest absolute Gasteiger partial charge is 0.0619 e. The molecular weight excluding hydrogens is 395 g/mol. The Morgan fingerprint density at radius 3 is 1.79 bits per heavy atom. The molecule has 0 nitrogen and oxygen atoms in total. The minimum absolute atomic E-state index is 1.10. The predicted molar refractivity (Wildman–Crippen MR) is 76.5 cm³/mol. The van der Waals surface area contributed by atoms with E-state index in [0.29, 0.717) is 0 Å². The number of benzene rings is 2. The van der Waals surface area contributed by atoms with Crippen molar-refractivity contribution < 1.29 is 24.4 Å². The van der Waals surface area contributed by atoms with Crippen LogP contribution in [0.15, 0.2) is 70.1 Å². The van der Waals surface area contributed by atoms with Gasteiger partial charge in [-0.2, -0.15) is 0 Å². The number of hydrogen-bond donors (Lipinski definition) is 0. The number of hydrogen-bond acceptors (Lipinski definition) is 0. The minimum atomic E-state index is 1.10. The average Bonchev–Trinajstić information content (AvgIpc) is 3.06. The second kappa shape index (κ2) is 5.83. The van der Waals surface area contributed by atoms with Crippen LogP contribution in [-0.2, 0) is 30.8 Å². The summed E-state index contributed by atoms with van der Waals surface area (Å²) in [6.07, 6.45) is 8.86. The van der Waals surface area contributed by atoms with Gasteiger partial charge in [0.2, 0.25) is 0 Å². The topological polar surface area (TPSA) is 0 Å². The van der Waals surface area contributed by atoms with Crippen molar-refractivity contribution in [3.63, 3.8) is 0 Å². The summed E-state index contributed by atoms with van der Waals surface area (Å²) in [7, 11) is 0. The van der Waals surface area contributed by atoms with Crippen LogP contribution in [0.2, 0.25) is 0 Å². The SMILES string of the molecule is [Hf][C]1=CC=CC1.c1ccc2c(c1)Cc1ccccc1-2. The van der Waals surface area contributed by atoms with Crippen LogP contribution >= 0.6 is 0 Å². The molecule has 0 saturated heterocycles. The zero-order valence-corrected chi connectivity index (χ0v) is 14.4. The van der Waals surface area contributed by atoms with Crippen LogP contribution in [0.5, 0.6) is 0 Å². The third-order valence-electron chi connectivity index (χ3n) is 3.48. The van der Waals surface area contributed by atoms with Gasteiger partial charge in [-0.1, -0.05) is 48.5 Å². The first-order valence-corrected chi connectivity index (χ1v) is 8.38. The van der Waals surface area contributed by atoms with Gasteiger partial charge in [0, 0.05) is 0 Å². The maximum absolute atomic E-state index is 2.22. The summed E-state index contributed by atoms with van der Waals surface area (Å²) in [6, 6.07) is 17.3. The van der Waals surface area contributed by atoms with E-state index in [1.54, 1.807) is 3.33 Å². The number of rotatable bonds is 0. The van der Waals surface area contributed by atoms with Gasteiger partial charge in [0.1, 0.15) is 0 Å². The standard InChI is InChI=1S/C13H10.C5H5.Hf/c1-3-7-12-10(5-1)9-11-6-2-4-8-13(11)12;1-2-4-5-3-1;/h1-8H,9H2;1-3H,4H2;.